The molecule has 4 nitrogen and oxygen atoms in total. The number of likely N-dealkylation sites (tertiary alicyclic amines) is 1. The summed E-state index contributed by atoms with van der Waals surface area (Å²) >= 11 is 0. The van der Waals surface area contributed by atoms with Crippen molar-refractivity contribution in [3.63, 3.8) is 0 Å². The van der Waals surface area contributed by atoms with Crippen molar-refractivity contribution >= 4 is 5.97 Å². The number of hydrogen-bond donors (Lipinski definition) is 0. The molecule has 0 aliphatic carbocycles. The Morgan fingerprint density at radius 1 is 1.22 bits per heavy atom. The van der Waals surface area contributed by atoms with E-state index in [9.17, 15) is 4.79 Å². The molecule has 0 N–H and O–H groups in total. The zero-order valence-electron chi connectivity index (χ0n) is 14.8. The van der Waals surface area contributed by atoms with Gasteiger partial charge in [0.15, 0.2) is 0 Å². The van der Waals surface area contributed by atoms with Gasteiger partial charge in [0.1, 0.15) is 11.4 Å². The van der Waals surface area contributed by atoms with Gasteiger partial charge in [-0.2, -0.15) is 0 Å². The second-order valence-corrected chi connectivity index (χ2v) is 7.26. The number of rotatable bonds is 5. The van der Waals surface area contributed by atoms with Crippen molar-refractivity contribution in [2.75, 3.05) is 13.7 Å². The smallest absolute Gasteiger partial charge is 0.307 e. The van der Waals surface area contributed by atoms with Crippen molar-refractivity contribution in [2.45, 2.75) is 64.6 Å². The first-order valence-corrected chi connectivity index (χ1v) is 8.46. The maximum Gasteiger partial charge on any atom is 0.307 e. The van der Waals surface area contributed by atoms with Gasteiger partial charge in [-0.15, -0.1) is 0 Å². The first-order valence-electron chi connectivity index (χ1n) is 8.46. The molecular formula is C19H29NO3. The zero-order chi connectivity index (χ0) is 16.9. The van der Waals surface area contributed by atoms with Gasteiger partial charge in [-0.3, -0.25) is 9.69 Å². The quantitative estimate of drug-likeness (QED) is 0.774. The van der Waals surface area contributed by atoms with Crippen LogP contribution in [0.4, 0.5) is 0 Å². The third-order valence-corrected chi connectivity index (χ3v) is 4.12. The fraction of sp³-hybridized carbons (Fsp3) is 0.632. The monoisotopic (exact) mass is 319 g/mol. The molecule has 1 saturated heterocycles. The highest BCUT2D eigenvalue weighted by atomic mass is 16.6. The lowest BCUT2D eigenvalue weighted by Crippen LogP contribution is -2.41. The SMILES string of the molecule is COc1ccc(CN2CCCC[C@@H]2CC(=O)OC(C)(C)C)cc1. The number of benzene rings is 1. The second-order valence-electron chi connectivity index (χ2n) is 7.26. The molecule has 2 rings (SSSR count). The average molecular weight is 319 g/mol. The minimum atomic E-state index is -0.410. The highest BCUT2D eigenvalue weighted by Crippen LogP contribution is 2.24. The van der Waals surface area contributed by atoms with Crippen LogP contribution < -0.4 is 4.74 Å². The summed E-state index contributed by atoms with van der Waals surface area (Å²) in [5.41, 5.74) is 0.842. The van der Waals surface area contributed by atoms with Gasteiger partial charge >= 0.3 is 5.97 Å². The van der Waals surface area contributed by atoms with E-state index in [4.69, 9.17) is 9.47 Å². The first kappa shape index (κ1) is 17.8. The summed E-state index contributed by atoms with van der Waals surface area (Å²) in [5, 5.41) is 0. The number of ether oxygens (including phenoxy) is 2. The summed E-state index contributed by atoms with van der Waals surface area (Å²) in [7, 11) is 1.68. The molecule has 4 heteroatoms. The summed E-state index contributed by atoms with van der Waals surface area (Å²) < 4.78 is 10.7. The molecule has 1 fully saturated rings. The van der Waals surface area contributed by atoms with Gasteiger partial charge in [0.2, 0.25) is 0 Å². The number of carbonyl (C=O) groups excluding carboxylic acids is 1. The summed E-state index contributed by atoms with van der Waals surface area (Å²) in [4.78, 5) is 14.6. The molecule has 0 unspecified atom stereocenters. The van der Waals surface area contributed by atoms with E-state index < -0.39 is 5.60 Å². The van der Waals surface area contributed by atoms with Crippen LogP contribution in [-0.4, -0.2) is 36.2 Å². The Morgan fingerprint density at radius 3 is 2.52 bits per heavy atom. The Labute approximate surface area is 139 Å². The van der Waals surface area contributed by atoms with Crippen molar-refractivity contribution in [2.24, 2.45) is 0 Å². The molecule has 23 heavy (non-hydrogen) atoms. The van der Waals surface area contributed by atoms with Crippen LogP contribution in [0.25, 0.3) is 0 Å². The van der Waals surface area contributed by atoms with Crippen LogP contribution in [0, 0.1) is 0 Å². The van der Waals surface area contributed by atoms with Crippen molar-refractivity contribution in [3.05, 3.63) is 29.8 Å². The molecule has 0 saturated carbocycles. The van der Waals surface area contributed by atoms with Gasteiger partial charge < -0.3 is 9.47 Å². The van der Waals surface area contributed by atoms with Crippen molar-refractivity contribution in [1.82, 2.24) is 4.90 Å². The summed E-state index contributed by atoms with van der Waals surface area (Å²) in [6, 6.07) is 8.45. The van der Waals surface area contributed by atoms with E-state index in [-0.39, 0.29) is 12.0 Å². The number of carbonyl (C=O) groups is 1. The molecule has 1 aliphatic rings. The van der Waals surface area contributed by atoms with E-state index in [0.29, 0.717) is 6.42 Å². The average Bonchev–Trinajstić information content (AvgIpc) is 2.48. The minimum absolute atomic E-state index is 0.0934. The van der Waals surface area contributed by atoms with Crippen LogP contribution in [-0.2, 0) is 16.1 Å². The molecular weight excluding hydrogens is 290 g/mol. The van der Waals surface area contributed by atoms with Crippen LogP contribution in [0.2, 0.25) is 0 Å². The number of piperidine rings is 1. The van der Waals surface area contributed by atoms with E-state index >= 15 is 0 Å². The fourth-order valence-electron chi connectivity index (χ4n) is 3.04. The Morgan fingerprint density at radius 2 is 1.91 bits per heavy atom. The van der Waals surface area contributed by atoms with Gasteiger partial charge in [-0.25, -0.2) is 0 Å². The molecule has 1 atom stereocenters. The Bertz CT molecular complexity index is 504. The normalized spacial score (nSPS) is 19.4. The molecule has 1 aromatic carbocycles. The van der Waals surface area contributed by atoms with Crippen molar-refractivity contribution in [3.8, 4) is 5.75 Å². The van der Waals surface area contributed by atoms with E-state index in [1.807, 2.05) is 32.9 Å². The largest absolute Gasteiger partial charge is 0.497 e. The molecule has 0 spiro atoms. The molecule has 128 valence electrons. The first-order chi connectivity index (χ1) is 10.9. The predicted molar refractivity (Wildman–Crippen MR) is 91.5 cm³/mol. The molecule has 0 aromatic heterocycles. The van der Waals surface area contributed by atoms with Gasteiger partial charge in [0, 0.05) is 12.6 Å². The summed E-state index contributed by atoms with van der Waals surface area (Å²) in [6.45, 7) is 7.67. The van der Waals surface area contributed by atoms with E-state index in [2.05, 4.69) is 17.0 Å². The summed E-state index contributed by atoms with van der Waals surface area (Å²) in [5.74, 6) is 0.779. The van der Waals surface area contributed by atoms with Gasteiger partial charge in [-0.05, 0) is 57.9 Å². The Hall–Kier alpha value is -1.55. The maximum atomic E-state index is 12.1. The highest BCUT2D eigenvalue weighted by Gasteiger charge is 2.27. The molecule has 1 aromatic rings. The van der Waals surface area contributed by atoms with Crippen LogP contribution >= 0.6 is 0 Å². The molecule has 1 heterocycles. The van der Waals surface area contributed by atoms with Crippen LogP contribution in [0.5, 0.6) is 5.75 Å². The third kappa shape index (κ3) is 5.87. The molecule has 0 amide bonds. The number of nitrogens with zero attached hydrogens (tertiary/aromatic N) is 1. The molecule has 1 aliphatic heterocycles. The second kappa shape index (κ2) is 7.82. The fourth-order valence-corrected chi connectivity index (χ4v) is 3.04. The van der Waals surface area contributed by atoms with E-state index in [1.54, 1.807) is 7.11 Å². The predicted octanol–water partition coefficient (Wildman–Crippen LogP) is 3.78. The highest BCUT2D eigenvalue weighted by molar-refractivity contribution is 5.70. The van der Waals surface area contributed by atoms with Gasteiger partial charge in [0.25, 0.3) is 0 Å². The lowest BCUT2D eigenvalue weighted by Gasteiger charge is -2.35. The van der Waals surface area contributed by atoms with Crippen molar-refractivity contribution < 1.29 is 14.3 Å². The standard InChI is InChI=1S/C19H29NO3/c1-19(2,3)23-18(21)13-16-7-5-6-12-20(16)14-15-8-10-17(22-4)11-9-15/h8-11,16H,5-7,12-14H2,1-4H3/t16-/m1/s1. The molecule has 0 radical (unpaired) electrons. The van der Waals surface area contributed by atoms with Crippen LogP contribution in [0.15, 0.2) is 24.3 Å². The third-order valence-electron chi connectivity index (χ3n) is 4.12. The maximum absolute atomic E-state index is 12.1. The zero-order valence-corrected chi connectivity index (χ0v) is 14.8. The van der Waals surface area contributed by atoms with E-state index in [0.717, 1.165) is 25.3 Å². The lowest BCUT2D eigenvalue weighted by molar-refractivity contribution is -0.156. The molecule has 0 bridgehead atoms. The van der Waals surface area contributed by atoms with Gasteiger partial charge in [-0.1, -0.05) is 18.6 Å². The Kier molecular flexibility index (Phi) is 6.05. The lowest BCUT2D eigenvalue weighted by atomic mass is 9.98. The minimum Gasteiger partial charge on any atom is -0.497 e. The Balaban J connectivity index is 1.96. The van der Waals surface area contributed by atoms with E-state index in [1.165, 1.54) is 18.4 Å². The number of hydrogen-bond acceptors (Lipinski definition) is 4. The van der Waals surface area contributed by atoms with Crippen LogP contribution in [0.3, 0.4) is 0 Å². The summed E-state index contributed by atoms with van der Waals surface area (Å²) in [6.07, 6.45) is 3.93. The topological polar surface area (TPSA) is 38.8 Å². The number of methoxy groups -OCH3 is 1. The van der Waals surface area contributed by atoms with Crippen LogP contribution in [0.1, 0.15) is 52.0 Å². The number of esters is 1. The van der Waals surface area contributed by atoms with Crippen molar-refractivity contribution in [1.29, 1.82) is 0 Å². The van der Waals surface area contributed by atoms with Gasteiger partial charge in [0.05, 0.1) is 13.5 Å².